The Morgan fingerprint density at radius 2 is 1.79 bits per heavy atom. The minimum atomic E-state index is 0.391. The lowest BCUT2D eigenvalue weighted by Crippen LogP contribution is -2.44. The first-order valence-corrected chi connectivity index (χ1v) is 13.7. The fourth-order valence-electron chi connectivity index (χ4n) is 5.96. The van der Waals surface area contributed by atoms with Crippen molar-refractivity contribution in [3.63, 3.8) is 0 Å². The van der Waals surface area contributed by atoms with Gasteiger partial charge in [-0.3, -0.25) is 0 Å². The van der Waals surface area contributed by atoms with Gasteiger partial charge >= 0.3 is 0 Å². The molecule has 0 spiro atoms. The van der Waals surface area contributed by atoms with Crippen LogP contribution in [0.25, 0.3) is 11.3 Å². The van der Waals surface area contributed by atoms with E-state index in [1.54, 1.807) is 0 Å². The second-order valence-corrected chi connectivity index (χ2v) is 12.1. The van der Waals surface area contributed by atoms with E-state index in [4.69, 9.17) is 0 Å². The Bertz CT molecular complexity index is 1120. The molecule has 1 aromatic carbocycles. The smallest absolute Gasteiger partial charge is 0.0355 e. The molecule has 2 aliphatic carbocycles. The molecule has 1 atom stereocenters. The van der Waals surface area contributed by atoms with Crippen LogP contribution in [0.15, 0.2) is 66.8 Å². The summed E-state index contributed by atoms with van der Waals surface area (Å²) in [6.07, 6.45) is 10.7. The maximum Gasteiger partial charge on any atom is 0.0355 e. The molecule has 2 heteroatoms. The number of rotatable bonds is 9. The number of allylic oxidation sites excluding steroid dienone is 5. The number of hydrogen-bond acceptors (Lipinski definition) is 2. The van der Waals surface area contributed by atoms with Crippen molar-refractivity contribution in [2.45, 2.75) is 72.6 Å². The van der Waals surface area contributed by atoms with Gasteiger partial charge in [0.1, 0.15) is 0 Å². The van der Waals surface area contributed by atoms with Crippen LogP contribution in [0.2, 0.25) is 0 Å². The predicted molar refractivity (Wildman–Crippen MR) is 151 cm³/mol. The molecule has 1 aromatic heterocycles. The van der Waals surface area contributed by atoms with E-state index in [9.17, 15) is 0 Å². The molecule has 1 unspecified atom stereocenters. The molecule has 0 radical (unpaired) electrons. The maximum atomic E-state index is 4.54. The van der Waals surface area contributed by atoms with Gasteiger partial charge in [0.2, 0.25) is 0 Å². The molecule has 180 valence electrons. The molecule has 2 aliphatic rings. The highest BCUT2D eigenvalue weighted by molar-refractivity contribution is 7.12. The van der Waals surface area contributed by atoms with Crippen LogP contribution in [-0.4, -0.2) is 6.54 Å². The van der Waals surface area contributed by atoms with E-state index in [0.29, 0.717) is 17.3 Å². The summed E-state index contributed by atoms with van der Waals surface area (Å²) in [5.74, 6) is 1.10. The lowest BCUT2D eigenvalue weighted by Gasteiger charge is -2.48. The van der Waals surface area contributed by atoms with Gasteiger partial charge < -0.3 is 5.32 Å². The molecule has 4 rings (SSSR count). The first-order chi connectivity index (χ1) is 16.2. The van der Waals surface area contributed by atoms with Gasteiger partial charge in [-0.05, 0) is 80.9 Å². The lowest BCUT2D eigenvalue weighted by atomic mass is 9.58. The predicted octanol–water partition coefficient (Wildman–Crippen LogP) is 9.22. The zero-order valence-electron chi connectivity index (χ0n) is 21.8. The van der Waals surface area contributed by atoms with Gasteiger partial charge in [0.25, 0.3) is 0 Å². The summed E-state index contributed by atoms with van der Waals surface area (Å²) in [6.45, 7) is 21.2. The van der Waals surface area contributed by atoms with E-state index >= 15 is 0 Å². The van der Waals surface area contributed by atoms with Crippen LogP contribution in [0, 0.1) is 25.2 Å². The van der Waals surface area contributed by atoms with Crippen molar-refractivity contribution < 1.29 is 0 Å². The average Bonchev–Trinajstić information content (AvgIpc) is 3.12. The summed E-state index contributed by atoms with van der Waals surface area (Å²) >= 11 is 1.92. The molecule has 2 aromatic rings. The molecule has 1 fully saturated rings. The third-order valence-electron chi connectivity index (χ3n) is 8.41. The zero-order valence-corrected chi connectivity index (χ0v) is 22.6. The Morgan fingerprint density at radius 3 is 2.38 bits per heavy atom. The Kier molecular flexibility index (Phi) is 7.38. The quantitative estimate of drug-likeness (QED) is 0.359. The Morgan fingerprint density at radius 1 is 1.09 bits per heavy atom. The first-order valence-electron chi connectivity index (χ1n) is 12.9. The van der Waals surface area contributed by atoms with Gasteiger partial charge in [-0.1, -0.05) is 80.6 Å². The van der Waals surface area contributed by atoms with Crippen LogP contribution < -0.4 is 5.32 Å². The van der Waals surface area contributed by atoms with Crippen LogP contribution in [0.3, 0.4) is 0 Å². The molecule has 34 heavy (non-hydrogen) atoms. The highest BCUT2D eigenvalue weighted by Gasteiger charge is 2.42. The van der Waals surface area contributed by atoms with E-state index in [2.05, 4.69) is 95.6 Å². The summed E-state index contributed by atoms with van der Waals surface area (Å²) < 4.78 is 0. The van der Waals surface area contributed by atoms with Crippen molar-refractivity contribution in [1.82, 2.24) is 5.32 Å². The highest BCUT2D eigenvalue weighted by atomic mass is 32.1. The summed E-state index contributed by atoms with van der Waals surface area (Å²) in [7, 11) is 0. The van der Waals surface area contributed by atoms with Crippen molar-refractivity contribution in [2.75, 3.05) is 6.54 Å². The Labute approximate surface area is 211 Å². The van der Waals surface area contributed by atoms with Gasteiger partial charge in [-0.25, -0.2) is 0 Å². The van der Waals surface area contributed by atoms with Crippen LogP contribution in [0.5, 0.6) is 0 Å². The standard InChI is InChI=1S/C32H41NS/c1-8-32(18-29(19-32)21(2)3)20-33-23(5)31-25(7)34-24(6)30(31)22(4)26-14-16-28(17-15-26)27-12-10-9-11-13-27/h9-14,16,22,29,33H,2,5,8,15,17-20H2,1,3-4,6-7H3. The topological polar surface area (TPSA) is 12.0 Å². The van der Waals surface area contributed by atoms with E-state index in [-0.39, 0.29) is 0 Å². The summed E-state index contributed by atoms with van der Waals surface area (Å²) in [5, 5.41) is 3.78. The van der Waals surface area contributed by atoms with Crippen LogP contribution in [-0.2, 0) is 0 Å². The Hall–Kier alpha value is -2.32. The number of aryl methyl sites for hydroxylation is 2. The molecular formula is C32H41NS. The lowest BCUT2D eigenvalue weighted by molar-refractivity contribution is 0.0757. The van der Waals surface area contributed by atoms with Gasteiger partial charge in [-0.15, -0.1) is 11.3 Å². The molecule has 0 saturated heterocycles. The third-order valence-corrected chi connectivity index (χ3v) is 9.44. The fraction of sp³-hybridized carbons (Fsp3) is 0.438. The van der Waals surface area contributed by atoms with E-state index in [1.807, 2.05) is 11.3 Å². The van der Waals surface area contributed by atoms with Crippen molar-refractivity contribution in [3.05, 3.63) is 93.2 Å². The van der Waals surface area contributed by atoms with E-state index in [0.717, 1.165) is 25.1 Å². The number of nitrogens with one attached hydrogen (secondary N) is 1. The minimum Gasteiger partial charge on any atom is -0.384 e. The van der Waals surface area contributed by atoms with Gasteiger partial charge in [0, 0.05) is 33.5 Å². The number of benzene rings is 1. The molecule has 1 N–H and O–H groups in total. The average molecular weight is 472 g/mol. The molecule has 0 amide bonds. The van der Waals surface area contributed by atoms with Crippen LogP contribution >= 0.6 is 11.3 Å². The molecule has 0 aliphatic heterocycles. The zero-order chi connectivity index (χ0) is 24.5. The van der Waals surface area contributed by atoms with Crippen molar-refractivity contribution in [3.8, 4) is 0 Å². The Balaban J connectivity index is 1.51. The van der Waals surface area contributed by atoms with Crippen molar-refractivity contribution in [2.24, 2.45) is 11.3 Å². The fourth-order valence-corrected chi connectivity index (χ4v) is 7.15. The monoisotopic (exact) mass is 471 g/mol. The number of thiophene rings is 1. The highest BCUT2D eigenvalue weighted by Crippen LogP contribution is 2.51. The SMILES string of the molecule is C=C(NCC1(CC)CC(C(=C)C)C1)c1c(C)sc(C)c1C(C)C1=CC=C(c2ccccc2)CC1. The van der Waals surface area contributed by atoms with Crippen LogP contribution in [0.1, 0.15) is 85.2 Å². The largest absolute Gasteiger partial charge is 0.384 e. The molecule has 1 saturated carbocycles. The first kappa shape index (κ1) is 24.8. The molecule has 0 bridgehead atoms. The summed E-state index contributed by atoms with van der Waals surface area (Å²) in [5.41, 5.74) is 9.99. The van der Waals surface area contributed by atoms with Crippen molar-refractivity contribution in [1.29, 1.82) is 0 Å². The molecule has 1 heterocycles. The van der Waals surface area contributed by atoms with Gasteiger partial charge in [0.15, 0.2) is 0 Å². The normalized spacial score (nSPS) is 22.9. The molecule has 1 nitrogen and oxygen atoms in total. The van der Waals surface area contributed by atoms with Crippen molar-refractivity contribution >= 4 is 22.6 Å². The summed E-state index contributed by atoms with van der Waals surface area (Å²) in [4.78, 5) is 2.81. The van der Waals surface area contributed by atoms with E-state index < -0.39 is 0 Å². The summed E-state index contributed by atoms with van der Waals surface area (Å²) in [6, 6.07) is 10.8. The second-order valence-electron chi connectivity index (χ2n) is 10.7. The second kappa shape index (κ2) is 10.1. The van der Waals surface area contributed by atoms with Gasteiger partial charge in [-0.2, -0.15) is 0 Å². The number of hydrogen-bond donors (Lipinski definition) is 1. The van der Waals surface area contributed by atoms with E-state index in [1.165, 1.54) is 62.4 Å². The maximum absolute atomic E-state index is 4.54. The third kappa shape index (κ3) is 4.89. The van der Waals surface area contributed by atoms with Gasteiger partial charge in [0.05, 0.1) is 0 Å². The van der Waals surface area contributed by atoms with Crippen LogP contribution in [0.4, 0.5) is 0 Å². The minimum absolute atomic E-state index is 0.391. The molecular weight excluding hydrogens is 430 g/mol.